The first-order valence-corrected chi connectivity index (χ1v) is 7.59. The third-order valence-corrected chi connectivity index (χ3v) is 4.46. The smallest absolute Gasteiger partial charge is 0.248 e. The lowest BCUT2D eigenvalue weighted by atomic mass is 10.1. The molecule has 2 N–H and O–H groups in total. The van der Waals surface area contributed by atoms with E-state index in [4.69, 9.17) is 5.73 Å². The minimum absolute atomic E-state index is 0.0380. The Kier molecular flexibility index (Phi) is 3.76. The van der Waals surface area contributed by atoms with Crippen LogP contribution in [0.4, 0.5) is 5.69 Å². The normalized spacial score (nSPS) is 15.6. The monoisotopic (exact) mass is 284 g/mol. The van der Waals surface area contributed by atoms with Crippen molar-refractivity contribution in [1.29, 1.82) is 0 Å². The molecule has 0 spiro atoms. The SMILES string of the molecule is NC(C(=O)N1CCSc2ccccc21)c1ccccc1. The number of carbonyl (C=O) groups is 1. The average molecular weight is 284 g/mol. The Morgan fingerprint density at radius 3 is 2.60 bits per heavy atom. The molecule has 4 heteroatoms. The molecule has 2 aromatic rings. The molecule has 0 fully saturated rings. The minimum Gasteiger partial charge on any atom is -0.316 e. The summed E-state index contributed by atoms with van der Waals surface area (Å²) in [6.07, 6.45) is 0. The zero-order valence-corrected chi connectivity index (χ0v) is 11.8. The lowest BCUT2D eigenvalue weighted by Gasteiger charge is -2.31. The van der Waals surface area contributed by atoms with Gasteiger partial charge in [-0.15, -0.1) is 11.8 Å². The molecule has 0 radical (unpaired) electrons. The quantitative estimate of drug-likeness (QED) is 0.922. The lowest BCUT2D eigenvalue weighted by molar-refractivity contribution is -0.119. The Labute approximate surface area is 122 Å². The van der Waals surface area contributed by atoms with E-state index in [0.29, 0.717) is 6.54 Å². The van der Waals surface area contributed by atoms with Gasteiger partial charge in [0.2, 0.25) is 5.91 Å². The van der Waals surface area contributed by atoms with E-state index in [1.165, 1.54) is 0 Å². The summed E-state index contributed by atoms with van der Waals surface area (Å²) in [4.78, 5) is 15.6. The molecule has 20 heavy (non-hydrogen) atoms. The molecule has 102 valence electrons. The van der Waals surface area contributed by atoms with Gasteiger partial charge < -0.3 is 10.6 Å². The second-order valence-electron chi connectivity index (χ2n) is 4.69. The Bertz CT molecular complexity index is 615. The minimum atomic E-state index is -0.604. The number of amides is 1. The third-order valence-electron chi connectivity index (χ3n) is 3.42. The maximum absolute atomic E-state index is 12.7. The van der Waals surface area contributed by atoms with Crippen LogP contribution in [0.1, 0.15) is 11.6 Å². The van der Waals surface area contributed by atoms with Crippen LogP contribution in [-0.2, 0) is 4.79 Å². The van der Waals surface area contributed by atoms with Crippen LogP contribution in [0.2, 0.25) is 0 Å². The third kappa shape index (κ3) is 2.44. The molecule has 3 nitrogen and oxygen atoms in total. The number of carbonyl (C=O) groups excluding carboxylic acids is 1. The first-order chi connectivity index (χ1) is 9.77. The number of fused-ring (bicyclic) bond motifs is 1. The molecule has 1 aliphatic rings. The first-order valence-electron chi connectivity index (χ1n) is 6.61. The van der Waals surface area contributed by atoms with Gasteiger partial charge in [-0.2, -0.15) is 0 Å². The van der Waals surface area contributed by atoms with Gasteiger partial charge in [-0.25, -0.2) is 0 Å². The second kappa shape index (κ2) is 5.69. The van der Waals surface area contributed by atoms with Gasteiger partial charge in [0.15, 0.2) is 0 Å². The summed E-state index contributed by atoms with van der Waals surface area (Å²) in [6, 6.07) is 16.9. The molecule has 1 aliphatic heterocycles. The van der Waals surface area contributed by atoms with Crippen molar-refractivity contribution in [2.45, 2.75) is 10.9 Å². The molecular weight excluding hydrogens is 268 g/mol. The molecule has 1 amide bonds. The Morgan fingerprint density at radius 1 is 1.10 bits per heavy atom. The van der Waals surface area contributed by atoms with Gasteiger partial charge in [0.25, 0.3) is 0 Å². The van der Waals surface area contributed by atoms with Crippen LogP contribution in [0.25, 0.3) is 0 Å². The fraction of sp³-hybridized carbons (Fsp3) is 0.188. The number of anilines is 1. The van der Waals surface area contributed by atoms with E-state index in [2.05, 4.69) is 0 Å². The number of nitrogens with two attached hydrogens (primary N) is 1. The van der Waals surface area contributed by atoms with E-state index in [-0.39, 0.29) is 5.91 Å². The molecular formula is C16H16N2OS. The summed E-state index contributed by atoms with van der Waals surface area (Å²) in [6.45, 7) is 0.709. The standard InChI is InChI=1S/C16H16N2OS/c17-15(12-6-2-1-3-7-12)16(19)18-10-11-20-14-9-5-4-8-13(14)18/h1-9,15H,10-11,17H2. The fourth-order valence-electron chi connectivity index (χ4n) is 2.37. The van der Waals surface area contributed by atoms with Crippen LogP contribution in [0, 0.1) is 0 Å². The van der Waals surface area contributed by atoms with Crippen molar-refractivity contribution in [2.24, 2.45) is 5.73 Å². The highest BCUT2D eigenvalue weighted by Gasteiger charge is 2.27. The lowest BCUT2D eigenvalue weighted by Crippen LogP contribution is -2.41. The van der Waals surface area contributed by atoms with E-state index in [1.807, 2.05) is 59.5 Å². The van der Waals surface area contributed by atoms with Crippen LogP contribution in [0.3, 0.4) is 0 Å². The summed E-state index contributed by atoms with van der Waals surface area (Å²) < 4.78 is 0. The molecule has 1 heterocycles. The van der Waals surface area contributed by atoms with Crippen molar-refractivity contribution in [1.82, 2.24) is 0 Å². The molecule has 0 aromatic heterocycles. The van der Waals surface area contributed by atoms with Gasteiger partial charge in [0, 0.05) is 17.2 Å². The highest BCUT2D eigenvalue weighted by atomic mass is 32.2. The van der Waals surface area contributed by atoms with Gasteiger partial charge in [-0.3, -0.25) is 4.79 Å². The predicted octanol–water partition coefficient (Wildman–Crippen LogP) is 2.83. The maximum Gasteiger partial charge on any atom is 0.248 e. The topological polar surface area (TPSA) is 46.3 Å². The van der Waals surface area contributed by atoms with Crippen LogP contribution >= 0.6 is 11.8 Å². The number of rotatable bonds is 2. The largest absolute Gasteiger partial charge is 0.316 e. The van der Waals surface area contributed by atoms with E-state index >= 15 is 0 Å². The second-order valence-corrected chi connectivity index (χ2v) is 5.83. The molecule has 2 aromatic carbocycles. The molecule has 0 saturated carbocycles. The van der Waals surface area contributed by atoms with Crippen molar-refractivity contribution in [3.05, 3.63) is 60.2 Å². The molecule has 3 rings (SSSR count). The van der Waals surface area contributed by atoms with Crippen molar-refractivity contribution < 1.29 is 4.79 Å². The van der Waals surface area contributed by atoms with Gasteiger partial charge in [0.05, 0.1) is 5.69 Å². The maximum atomic E-state index is 12.7. The number of hydrogen-bond acceptors (Lipinski definition) is 3. The number of nitrogens with zero attached hydrogens (tertiary/aromatic N) is 1. The van der Waals surface area contributed by atoms with E-state index in [9.17, 15) is 4.79 Å². The summed E-state index contributed by atoms with van der Waals surface area (Å²) in [5.41, 5.74) is 7.96. The van der Waals surface area contributed by atoms with Gasteiger partial charge in [-0.05, 0) is 17.7 Å². The summed E-state index contributed by atoms with van der Waals surface area (Å²) in [5, 5.41) is 0. The van der Waals surface area contributed by atoms with Crippen LogP contribution in [0.15, 0.2) is 59.5 Å². The average Bonchev–Trinajstić information content (AvgIpc) is 2.54. The highest BCUT2D eigenvalue weighted by molar-refractivity contribution is 7.99. The van der Waals surface area contributed by atoms with E-state index in [0.717, 1.165) is 21.9 Å². The molecule has 1 atom stereocenters. The Morgan fingerprint density at radius 2 is 1.80 bits per heavy atom. The van der Waals surface area contributed by atoms with Crippen molar-refractivity contribution in [2.75, 3.05) is 17.2 Å². The Balaban J connectivity index is 1.89. The predicted molar refractivity (Wildman–Crippen MR) is 82.9 cm³/mol. The molecule has 1 unspecified atom stereocenters. The number of thioether (sulfide) groups is 1. The van der Waals surface area contributed by atoms with Gasteiger partial charge in [-0.1, -0.05) is 42.5 Å². The highest BCUT2D eigenvalue weighted by Crippen LogP contribution is 2.35. The molecule has 0 saturated heterocycles. The summed E-state index contributed by atoms with van der Waals surface area (Å²) in [5.74, 6) is 0.869. The zero-order chi connectivity index (χ0) is 13.9. The first kappa shape index (κ1) is 13.2. The van der Waals surface area contributed by atoms with Gasteiger partial charge >= 0.3 is 0 Å². The van der Waals surface area contributed by atoms with Crippen LogP contribution < -0.4 is 10.6 Å². The number of benzene rings is 2. The number of hydrogen-bond donors (Lipinski definition) is 1. The van der Waals surface area contributed by atoms with Crippen molar-refractivity contribution >= 4 is 23.4 Å². The fourth-order valence-corrected chi connectivity index (χ4v) is 3.36. The van der Waals surface area contributed by atoms with Gasteiger partial charge in [0.1, 0.15) is 6.04 Å². The van der Waals surface area contributed by atoms with Crippen LogP contribution in [-0.4, -0.2) is 18.2 Å². The Hall–Kier alpha value is -1.78. The number of para-hydroxylation sites is 1. The summed E-state index contributed by atoms with van der Waals surface area (Å²) in [7, 11) is 0. The zero-order valence-electron chi connectivity index (χ0n) is 11.0. The van der Waals surface area contributed by atoms with E-state index in [1.54, 1.807) is 11.8 Å². The van der Waals surface area contributed by atoms with Crippen molar-refractivity contribution in [3.8, 4) is 0 Å². The van der Waals surface area contributed by atoms with Crippen molar-refractivity contribution in [3.63, 3.8) is 0 Å². The van der Waals surface area contributed by atoms with Crippen LogP contribution in [0.5, 0.6) is 0 Å². The summed E-state index contributed by atoms with van der Waals surface area (Å²) >= 11 is 1.78. The molecule has 0 aliphatic carbocycles. The molecule has 0 bridgehead atoms. The van der Waals surface area contributed by atoms with E-state index < -0.39 is 6.04 Å².